The predicted octanol–water partition coefficient (Wildman–Crippen LogP) is 3.11. The smallest absolute Gasteiger partial charge is 0.00785 e. The van der Waals surface area contributed by atoms with Crippen LogP contribution in [0.25, 0.3) is 0 Å². The Hall–Kier alpha value is -0.820. The lowest BCUT2D eigenvalue weighted by Gasteiger charge is -2.20. The average Bonchev–Trinajstić information content (AvgIpc) is 3.19. The molecule has 0 bridgehead atoms. The third-order valence-corrected chi connectivity index (χ3v) is 4.33. The van der Waals surface area contributed by atoms with Crippen LogP contribution in [0.4, 0.5) is 0 Å². The van der Waals surface area contributed by atoms with Gasteiger partial charge in [0.2, 0.25) is 0 Å². The van der Waals surface area contributed by atoms with E-state index in [4.69, 9.17) is 0 Å². The molecule has 1 nitrogen and oxygen atoms in total. The number of nitrogens with one attached hydrogen (secondary N) is 1. The molecule has 1 unspecified atom stereocenters. The summed E-state index contributed by atoms with van der Waals surface area (Å²) in [6, 6.07) is 11.7. The molecule has 0 spiro atoms. The fourth-order valence-electron chi connectivity index (χ4n) is 2.63. The van der Waals surface area contributed by atoms with E-state index < -0.39 is 0 Å². The Kier molecular flexibility index (Phi) is 2.51. The van der Waals surface area contributed by atoms with E-state index in [1.54, 1.807) is 0 Å². The minimum absolute atomic E-state index is 0.477. The molecule has 86 valence electrons. The van der Waals surface area contributed by atoms with Gasteiger partial charge in [0.1, 0.15) is 0 Å². The zero-order valence-electron chi connectivity index (χ0n) is 10.1. The summed E-state index contributed by atoms with van der Waals surface area (Å²) in [5.41, 5.74) is 2.01. The zero-order chi connectivity index (χ0) is 11.0. The Morgan fingerprint density at radius 1 is 1.25 bits per heavy atom. The largest absolute Gasteiger partial charge is 0.313 e. The van der Waals surface area contributed by atoms with Gasteiger partial charge >= 0.3 is 0 Å². The second-order valence-electron chi connectivity index (χ2n) is 5.65. The SMILES string of the molecule is CC(NCC1(c2ccccc2)CC1)C1CC1. The van der Waals surface area contributed by atoms with Crippen molar-refractivity contribution >= 4 is 0 Å². The number of rotatable bonds is 5. The number of benzene rings is 1. The van der Waals surface area contributed by atoms with E-state index in [9.17, 15) is 0 Å². The van der Waals surface area contributed by atoms with E-state index in [0.717, 1.165) is 12.0 Å². The van der Waals surface area contributed by atoms with E-state index in [-0.39, 0.29) is 0 Å². The molecular weight excluding hydrogens is 194 g/mol. The van der Waals surface area contributed by atoms with Gasteiger partial charge in [-0.05, 0) is 44.1 Å². The normalized spacial score (nSPS) is 24.1. The van der Waals surface area contributed by atoms with E-state index in [1.165, 1.54) is 37.8 Å². The van der Waals surface area contributed by atoms with E-state index in [1.807, 2.05) is 0 Å². The molecule has 2 aliphatic rings. The van der Waals surface area contributed by atoms with Crippen LogP contribution in [-0.2, 0) is 5.41 Å². The van der Waals surface area contributed by atoms with Crippen molar-refractivity contribution in [1.82, 2.24) is 5.32 Å². The molecule has 2 fully saturated rings. The fraction of sp³-hybridized carbons (Fsp3) is 0.600. The summed E-state index contributed by atoms with van der Waals surface area (Å²) < 4.78 is 0. The molecular formula is C15H21N. The summed E-state index contributed by atoms with van der Waals surface area (Å²) in [6.45, 7) is 3.52. The van der Waals surface area contributed by atoms with Crippen molar-refractivity contribution in [3.05, 3.63) is 35.9 Å². The van der Waals surface area contributed by atoms with Crippen molar-refractivity contribution in [2.75, 3.05) is 6.54 Å². The third kappa shape index (κ3) is 2.01. The maximum atomic E-state index is 3.75. The highest BCUT2D eigenvalue weighted by Gasteiger charge is 2.44. The average molecular weight is 215 g/mol. The molecule has 0 aromatic heterocycles. The van der Waals surface area contributed by atoms with Crippen molar-refractivity contribution in [1.29, 1.82) is 0 Å². The van der Waals surface area contributed by atoms with Crippen LogP contribution in [0.15, 0.2) is 30.3 Å². The van der Waals surface area contributed by atoms with Gasteiger partial charge in [0.15, 0.2) is 0 Å². The molecule has 2 saturated carbocycles. The predicted molar refractivity (Wildman–Crippen MR) is 67.5 cm³/mol. The quantitative estimate of drug-likeness (QED) is 0.796. The number of hydrogen-bond donors (Lipinski definition) is 1. The van der Waals surface area contributed by atoms with Crippen molar-refractivity contribution in [3.8, 4) is 0 Å². The Bertz CT molecular complexity index is 349. The minimum Gasteiger partial charge on any atom is -0.313 e. The molecule has 1 aromatic carbocycles. The van der Waals surface area contributed by atoms with Crippen LogP contribution in [0.1, 0.15) is 38.2 Å². The van der Waals surface area contributed by atoms with E-state index in [0.29, 0.717) is 5.41 Å². The van der Waals surface area contributed by atoms with Crippen LogP contribution in [-0.4, -0.2) is 12.6 Å². The summed E-state index contributed by atoms with van der Waals surface area (Å²) in [5.74, 6) is 0.964. The van der Waals surface area contributed by atoms with Gasteiger partial charge in [-0.3, -0.25) is 0 Å². The molecule has 1 N–H and O–H groups in total. The van der Waals surface area contributed by atoms with E-state index >= 15 is 0 Å². The molecule has 1 aromatic rings. The molecule has 2 aliphatic carbocycles. The first-order valence-electron chi connectivity index (χ1n) is 6.59. The second kappa shape index (κ2) is 3.89. The molecule has 16 heavy (non-hydrogen) atoms. The van der Waals surface area contributed by atoms with Crippen LogP contribution >= 0.6 is 0 Å². The molecule has 1 heteroatoms. The summed E-state index contributed by atoms with van der Waals surface area (Å²) in [6.07, 6.45) is 5.60. The van der Waals surface area contributed by atoms with Gasteiger partial charge in [-0.2, -0.15) is 0 Å². The molecule has 0 heterocycles. The standard InChI is InChI=1S/C15H21N/c1-12(13-7-8-13)16-11-15(9-10-15)14-5-3-2-4-6-14/h2-6,12-13,16H,7-11H2,1H3. The molecule has 0 radical (unpaired) electrons. The lowest BCUT2D eigenvalue weighted by molar-refractivity contribution is 0.460. The molecule has 0 amide bonds. The van der Waals surface area contributed by atoms with Crippen LogP contribution in [0.2, 0.25) is 0 Å². The summed E-state index contributed by atoms with van der Waals surface area (Å²) in [5, 5.41) is 3.75. The highest BCUT2D eigenvalue weighted by molar-refractivity contribution is 5.31. The highest BCUT2D eigenvalue weighted by atomic mass is 14.9. The van der Waals surface area contributed by atoms with Gasteiger partial charge in [-0.1, -0.05) is 30.3 Å². The van der Waals surface area contributed by atoms with Crippen molar-refractivity contribution < 1.29 is 0 Å². The minimum atomic E-state index is 0.477. The Labute approximate surface area is 98.3 Å². The first kappa shape index (κ1) is 10.3. The van der Waals surface area contributed by atoms with Crippen molar-refractivity contribution in [2.24, 2.45) is 5.92 Å². The Morgan fingerprint density at radius 2 is 1.94 bits per heavy atom. The first-order valence-corrected chi connectivity index (χ1v) is 6.59. The molecule has 0 aliphatic heterocycles. The van der Waals surface area contributed by atoms with Gasteiger partial charge in [0, 0.05) is 18.0 Å². The van der Waals surface area contributed by atoms with Crippen LogP contribution in [0.5, 0.6) is 0 Å². The monoisotopic (exact) mass is 215 g/mol. The Morgan fingerprint density at radius 3 is 2.50 bits per heavy atom. The maximum absolute atomic E-state index is 3.75. The van der Waals surface area contributed by atoms with Crippen LogP contribution < -0.4 is 5.32 Å². The van der Waals surface area contributed by atoms with Crippen molar-refractivity contribution in [3.63, 3.8) is 0 Å². The zero-order valence-corrected chi connectivity index (χ0v) is 10.1. The van der Waals surface area contributed by atoms with E-state index in [2.05, 4.69) is 42.6 Å². The van der Waals surface area contributed by atoms with Gasteiger partial charge in [0.25, 0.3) is 0 Å². The topological polar surface area (TPSA) is 12.0 Å². The molecule has 1 atom stereocenters. The van der Waals surface area contributed by atoms with Gasteiger partial charge < -0.3 is 5.32 Å². The van der Waals surface area contributed by atoms with Gasteiger partial charge in [-0.15, -0.1) is 0 Å². The maximum Gasteiger partial charge on any atom is 0.00785 e. The van der Waals surface area contributed by atoms with Gasteiger partial charge in [-0.25, -0.2) is 0 Å². The lowest BCUT2D eigenvalue weighted by Crippen LogP contribution is -2.35. The number of hydrogen-bond acceptors (Lipinski definition) is 1. The first-order chi connectivity index (χ1) is 7.80. The molecule has 0 saturated heterocycles. The van der Waals surface area contributed by atoms with Crippen LogP contribution in [0.3, 0.4) is 0 Å². The van der Waals surface area contributed by atoms with Crippen LogP contribution in [0, 0.1) is 5.92 Å². The second-order valence-corrected chi connectivity index (χ2v) is 5.65. The third-order valence-electron chi connectivity index (χ3n) is 4.33. The molecule has 3 rings (SSSR count). The Balaban J connectivity index is 1.61. The summed E-state index contributed by atoms with van der Waals surface area (Å²) in [7, 11) is 0. The highest BCUT2D eigenvalue weighted by Crippen LogP contribution is 2.47. The van der Waals surface area contributed by atoms with Gasteiger partial charge in [0.05, 0.1) is 0 Å². The summed E-state index contributed by atoms with van der Waals surface area (Å²) in [4.78, 5) is 0. The fourth-order valence-corrected chi connectivity index (χ4v) is 2.63. The van der Waals surface area contributed by atoms with Crippen molar-refractivity contribution in [2.45, 2.75) is 44.1 Å². The summed E-state index contributed by atoms with van der Waals surface area (Å²) >= 11 is 0. The lowest BCUT2D eigenvalue weighted by atomic mass is 9.95.